The summed E-state index contributed by atoms with van der Waals surface area (Å²) in [6.07, 6.45) is 3.49. The van der Waals surface area contributed by atoms with Gasteiger partial charge in [-0.3, -0.25) is 9.69 Å². The van der Waals surface area contributed by atoms with E-state index in [1.54, 1.807) is 33.3 Å². The van der Waals surface area contributed by atoms with Gasteiger partial charge in [0.1, 0.15) is 23.0 Å². The van der Waals surface area contributed by atoms with Gasteiger partial charge in [0.05, 0.1) is 20.4 Å². The zero-order valence-corrected chi connectivity index (χ0v) is 27.6. The average Bonchev–Trinajstić information content (AvgIpc) is 3.03. The van der Waals surface area contributed by atoms with Gasteiger partial charge in [-0.15, -0.1) is 0 Å². The Bertz CT molecular complexity index is 1660. The molecule has 8 nitrogen and oxygen atoms in total. The van der Waals surface area contributed by atoms with Gasteiger partial charge >= 0.3 is 0 Å². The van der Waals surface area contributed by atoms with Gasteiger partial charge in [-0.05, 0) is 97.1 Å². The van der Waals surface area contributed by atoms with Gasteiger partial charge in [0, 0.05) is 54.3 Å². The zero-order chi connectivity index (χ0) is 32.6. The first-order valence-corrected chi connectivity index (χ1v) is 15.8. The largest absolute Gasteiger partial charge is 0.497 e. The molecule has 11 heteroatoms. The number of likely N-dealkylation sites (tertiary alicyclic amines) is 1. The molecule has 1 aliphatic rings. The van der Waals surface area contributed by atoms with Crippen molar-refractivity contribution >= 4 is 34.9 Å². The summed E-state index contributed by atoms with van der Waals surface area (Å²) in [6, 6.07) is 18.1. The number of anilines is 1. The lowest BCUT2D eigenvalue weighted by atomic mass is 9.96. The minimum Gasteiger partial charge on any atom is -0.497 e. The van der Waals surface area contributed by atoms with E-state index in [-0.39, 0.29) is 17.5 Å². The van der Waals surface area contributed by atoms with Crippen LogP contribution in [-0.4, -0.2) is 49.6 Å². The fraction of sp³-hybridized carbons (Fsp3) is 0.314. The Morgan fingerprint density at radius 2 is 1.67 bits per heavy atom. The van der Waals surface area contributed by atoms with Crippen LogP contribution < -0.4 is 24.8 Å². The molecule has 242 valence electrons. The molecule has 0 bridgehead atoms. The van der Waals surface area contributed by atoms with Crippen LogP contribution in [0, 0.1) is 11.7 Å². The normalized spacial score (nSPS) is 13.7. The molecule has 0 spiro atoms. The van der Waals surface area contributed by atoms with Crippen molar-refractivity contribution in [2.75, 3.05) is 39.2 Å². The summed E-state index contributed by atoms with van der Waals surface area (Å²) in [4.78, 5) is 18.0. The number of benzene rings is 3. The molecule has 3 aromatic carbocycles. The highest BCUT2D eigenvalue weighted by Gasteiger charge is 2.20. The van der Waals surface area contributed by atoms with Crippen molar-refractivity contribution in [3.63, 3.8) is 0 Å². The molecule has 4 aromatic rings. The Hall–Kier alpha value is -4.05. The number of halogens is 3. The Morgan fingerprint density at radius 3 is 2.35 bits per heavy atom. The molecule has 0 aliphatic carbocycles. The average molecular weight is 668 g/mol. The Balaban J connectivity index is 1.32. The molecule has 2 N–H and O–H groups in total. The van der Waals surface area contributed by atoms with Crippen molar-refractivity contribution in [2.24, 2.45) is 5.92 Å². The minimum absolute atomic E-state index is 0.00287. The molecule has 0 radical (unpaired) electrons. The second-order valence-electron chi connectivity index (χ2n) is 11.3. The number of methoxy groups -OCH3 is 2. The molecule has 1 amide bonds. The number of piperidine rings is 1. The third-order valence-electron chi connectivity index (χ3n) is 7.91. The number of hydrogen-bond donors (Lipinski definition) is 2. The van der Waals surface area contributed by atoms with Gasteiger partial charge in [-0.25, -0.2) is 9.37 Å². The number of carbonyl (C=O) groups is 1. The Morgan fingerprint density at radius 1 is 0.935 bits per heavy atom. The van der Waals surface area contributed by atoms with Gasteiger partial charge in [-0.1, -0.05) is 23.2 Å². The van der Waals surface area contributed by atoms with E-state index in [2.05, 4.69) is 26.6 Å². The summed E-state index contributed by atoms with van der Waals surface area (Å²) in [7, 11) is 3.16. The molecule has 1 aliphatic heterocycles. The SMILES string of the molecule is COc1ccc(CNc2ncc(Oc3cc(CN4CCC(CNC(C)=O)CC4)cc(-c4cc(Cl)cc(Cl)c4)c3)cc2F)c(OC)c1. The smallest absolute Gasteiger partial charge is 0.216 e. The van der Waals surface area contributed by atoms with Crippen molar-refractivity contribution in [3.05, 3.63) is 93.8 Å². The van der Waals surface area contributed by atoms with E-state index in [9.17, 15) is 4.79 Å². The summed E-state index contributed by atoms with van der Waals surface area (Å²) in [6.45, 7) is 5.09. The number of amides is 1. The maximum Gasteiger partial charge on any atom is 0.216 e. The maximum absolute atomic E-state index is 15.2. The molecule has 1 fully saturated rings. The third kappa shape index (κ3) is 9.02. The van der Waals surface area contributed by atoms with Crippen molar-refractivity contribution < 1.29 is 23.4 Å². The summed E-state index contributed by atoms with van der Waals surface area (Å²) in [5.41, 5.74) is 3.57. The number of nitrogens with one attached hydrogen (secondary N) is 2. The van der Waals surface area contributed by atoms with Crippen molar-refractivity contribution in [3.8, 4) is 34.1 Å². The fourth-order valence-corrected chi connectivity index (χ4v) is 6.04. The van der Waals surface area contributed by atoms with Gasteiger partial charge in [0.2, 0.25) is 5.91 Å². The van der Waals surface area contributed by atoms with E-state index in [1.807, 2.05) is 36.4 Å². The van der Waals surface area contributed by atoms with Crippen molar-refractivity contribution in [1.82, 2.24) is 15.2 Å². The predicted octanol–water partition coefficient (Wildman–Crippen LogP) is 7.96. The summed E-state index contributed by atoms with van der Waals surface area (Å²) in [5.74, 6) is 2.10. The third-order valence-corrected chi connectivity index (χ3v) is 8.34. The fourth-order valence-electron chi connectivity index (χ4n) is 5.51. The van der Waals surface area contributed by atoms with E-state index in [0.29, 0.717) is 52.8 Å². The highest BCUT2D eigenvalue weighted by atomic mass is 35.5. The first kappa shape index (κ1) is 33.3. The lowest BCUT2D eigenvalue weighted by molar-refractivity contribution is -0.119. The highest BCUT2D eigenvalue weighted by Crippen LogP contribution is 2.34. The molecule has 2 heterocycles. The quantitative estimate of drug-likeness (QED) is 0.159. The van der Waals surface area contributed by atoms with Crippen LogP contribution in [0.25, 0.3) is 11.1 Å². The molecule has 1 aromatic heterocycles. The minimum atomic E-state index is -0.551. The highest BCUT2D eigenvalue weighted by molar-refractivity contribution is 6.35. The standard InChI is InChI=1S/C35H37Cl2FN4O4/c1-22(43)39-18-23-6-8-42(9-7-23)21-24-10-26(27-12-28(36)15-29(37)13-27)14-31(11-24)46-32-16-33(38)35(41-20-32)40-19-25-4-5-30(44-2)17-34(25)45-3/h4-5,10-17,20,23H,6-9,18-19,21H2,1-3H3,(H,39,43)(H,40,41). The summed E-state index contributed by atoms with van der Waals surface area (Å²) in [5, 5.41) is 7.02. The Labute approximate surface area is 278 Å². The van der Waals surface area contributed by atoms with Crippen LogP contribution >= 0.6 is 23.2 Å². The lowest BCUT2D eigenvalue weighted by Crippen LogP contribution is -2.37. The Kier molecular flexibility index (Phi) is 11.2. The molecule has 0 saturated carbocycles. The number of hydrogen-bond acceptors (Lipinski definition) is 7. The number of nitrogens with zero attached hydrogens (tertiary/aromatic N) is 2. The molecular formula is C35H37Cl2FN4O4. The molecule has 1 saturated heterocycles. The van der Waals surface area contributed by atoms with Gasteiger partial charge in [-0.2, -0.15) is 0 Å². The number of aromatic nitrogens is 1. The second kappa shape index (κ2) is 15.5. The van der Waals surface area contributed by atoms with Crippen LogP contribution in [0.3, 0.4) is 0 Å². The summed E-state index contributed by atoms with van der Waals surface area (Å²) < 4.78 is 32.1. The topological polar surface area (TPSA) is 85.0 Å². The van der Waals surface area contributed by atoms with Gasteiger partial charge < -0.3 is 24.8 Å². The first-order valence-electron chi connectivity index (χ1n) is 15.0. The van der Waals surface area contributed by atoms with E-state index < -0.39 is 5.82 Å². The van der Waals surface area contributed by atoms with E-state index in [1.165, 1.54) is 12.3 Å². The van der Waals surface area contributed by atoms with Crippen molar-refractivity contribution in [1.29, 1.82) is 0 Å². The van der Waals surface area contributed by atoms with Crippen LogP contribution in [0.4, 0.5) is 10.2 Å². The van der Waals surface area contributed by atoms with Gasteiger partial charge in [0.15, 0.2) is 11.6 Å². The van der Waals surface area contributed by atoms with Crippen LogP contribution in [-0.2, 0) is 17.9 Å². The number of rotatable bonds is 12. The van der Waals surface area contributed by atoms with Crippen LogP contribution in [0.5, 0.6) is 23.0 Å². The zero-order valence-electron chi connectivity index (χ0n) is 26.0. The van der Waals surface area contributed by atoms with Crippen molar-refractivity contribution in [2.45, 2.75) is 32.9 Å². The van der Waals surface area contributed by atoms with Crippen LogP contribution in [0.2, 0.25) is 10.0 Å². The van der Waals surface area contributed by atoms with Gasteiger partial charge in [0.25, 0.3) is 0 Å². The predicted molar refractivity (Wildman–Crippen MR) is 180 cm³/mol. The monoisotopic (exact) mass is 666 g/mol. The van der Waals surface area contributed by atoms with E-state index in [0.717, 1.165) is 48.2 Å². The number of pyridine rings is 1. The molecular weight excluding hydrogens is 630 g/mol. The summed E-state index contributed by atoms with van der Waals surface area (Å²) >= 11 is 12.7. The van der Waals surface area contributed by atoms with E-state index >= 15 is 4.39 Å². The molecule has 46 heavy (non-hydrogen) atoms. The molecule has 0 unspecified atom stereocenters. The molecule has 0 atom stereocenters. The maximum atomic E-state index is 15.2. The second-order valence-corrected chi connectivity index (χ2v) is 12.2. The lowest BCUT2D eigenvalue weighted by Gasteiger charge is -2.32. The van der Waals surface area contributed by atoms with Crippen LogP contribution in [0.15, 0.2) is 66.9 Å². The van der Waals surface area contributed by atoms with Crippen LogP contribution in [0.1, 0.15) is 30.9 Å². The van der Waals surface area contributed by atoms with E-state index in [4.69, 9.17) is 37.4 Å². The number of carbonyl (C=O) groups excluding carboxylic acids is 1. The number of ether oxygens (including phenoxy) is 3. The first-order chi connectivity index (χ1) is 22.2. The molecule has 5 rings (SSSR count).